The van der Waals surface area contributed by atoms with Crippen molar-refractivity contribution in [2.24, 2.45) is 0 Å². The van der Waals surface area contributed by atoms with E-state index in [9.17, 15) is 0 Å². The summed E-state index contributed by atoms with van der Waals surface area (Å²) >= 11 is 0. The summed E-state index contributed by atoms with van der Waals surface area (Å²) in [7, 11) is 0. The van der Waals surface area contributed by atoms with Crippen molar-refractivity contribution in [3.8, 4) is 17.3 Å². The minimum atomic E-state index is 0.738. The Balaban J connectivity index is 1.08. The predicted octanol–water partition coefficient (Wildman–Crippen LogP) is 9.63. The number of pyridine rings is 1. The molecule has 6 nitrogen and oxygen atoms in total. The molecule has 0 saturated carbocycles. The molecule has 3 aromatic heterocycles. The minimum Gasteiger partial charge on any atom is -0.457 e. The Kier molecular flexibility index (Phi) is 5.46. The lowest BCUT2D eigenvalue weighted by molar-refractivity contribution is 0.483. The van der Waals surface area contributed by atoms with Crippen molar-refractivity contribution in [1.29, 1.82) is 0 Å². The molecular weight excluding hydrogens is 544 g/mol. The standard InChI is InChI=1S/C38H26N4O2/c1-2-9-26(10-3-1)40-19-20-41(25-40)27-11-8-12-28(21-27)43-29-17-18-31-30-13-4-6-15-34(30)42(35(31)22-29)38-23-37-33(24-39-38)32-14-5-7-16-36(32)44-37/h1-24H,25H2. The second kappa shape index (κ2) is 9.78. The van der Waals surface area contributed by atoms with Gasteiger partial charge in [0.2, 0.25) is 0 Å². The van der Waals surface area contributed by atoms with Gasteiger partial charge in [0.05, 0.1) is 17.7 Å². The Morgan fingerprint density at radius 2 is 1.27 bits per heavy atom. The molecule has 4 heterocycles. The molecule has 0 bridgehead atoms. The lowest BCUT2D eigenvalue weighted by atomic mass is 10.1. The molecule has 44 heavy (non-hydrogen) atoms. The summed E-state index contributed by atoms with van der Waals surface area (Å²) in [6, 6.07) is 43.4. The van der Waals surface area contributed by atoms with E-state index in [1.807, 2.05) is 54.7 Å². The predicted molar refractivity (Wildman–Crippen MR) is 178 cm³/mol. The number of hydrogen-bond acceptors (Lipinski definition) is 5. The third-order valence-corrected chi connectivity index (χ3v) is 8.33. The maximum atomic E-state index is 6.48. The van der Waals surface area contributed by atoms with Crippen LogP contribution in [0.4, 0.5) is 11.4 Å². The summed E-state index contributed by atoms with van der Waals surface area (Å²) in [6.45, 7) is 0.738. The average molecular weight is 571 g/mol. The number of para-hydroxylation sites is 3. The fourth-order valence-corrected chi connectivity index (χ4v) is 6.23. The molecule has 8 aromatic rings. The van der Waals surface area contributed by atoms with Crippen molar-refractivity contribution < 1.29 is 9.15 Å². The normalized spacial score (nSPS) is 13.2. The van der Waals surface area contributed by atoms with Gasteiger partial charge in [-0.25, -0.2) is 4.98 Å². The highest BCUT2D eigenvalue weighted by Gasteiger charge is 2.18. The number of ether oxygens (including phenoxy) is 1. The first kappa shape index (κ1) is 24.6. The smallest absolute Gasteiger partial charge is 0.141 e. The Bertz CT molecular complexity index is 2370. The van der Waals surface area contributed by atoms with Crippen LogP contribution in [0.5, 0.6) is 11.5 Å². The highest BCUT2D eigenvalue weighted by Crippen LogP contribution is 2.37. The number of furan rings is 1. The van der Waals surface area contributed by atoms with Crippen LogP contribution in [0.2, 0.25) is 0 Å². The van der Waals surface area contributed by atoms with Crippen molar-refractivity contribution in [2.75, 3.05) is 16.5 Å². The number of benzene rings is 5. The SMILES string of the molecule is C1=CN(c2cccc(Oc3ccc4c5ccccc5n(-c5cc6oc7ccccc7c6cn5)c4c3)c2)CN1c1ccccc1. The van der Waals surface area contributed by atoms with Crippen LogP contribution in [0.15, 0.2) is 150 Å². The van der Waals surface area contributed by atoms with Crippen LogP contribution < -0.4 is 14.5 Å². The molecule has 0 spiro atoms. The number of nitrogens with zero attached hydrogens (tertiary/aromatic N) is 4. The lowest BCUT2D eigenvalue weighted by Crippen LogP contribution is -2.24. The first-order valence-corrected chi connectivity index (χ1v) is 14.6. The Morgan fingerprint density at radius 3 is 2.18 bits per heavy atom. The van der Waals surface area contributed by atoms with Crippen LogP contribution in [-0.4, -0.2) is 16.2 Å². The van der Waals surface area contributed by atoms with E-state index < -0.39 is 0 Å². The third kappa shape index (κ3) is 4.00. The molecule has 0 unspecified atom stereocenters. The minimum absolute atomic E-state index is 0.738. The Hall–Kier alpha value is -6.01. The summed E-state index contributed by atoms with van der Waals surface area (Å²) in [5, 5.41) is 4.37. The van der Waals surface area contributed by atoms with Crippen molar-refractivity contribution in [1.82, 2.24) is 9.55 Å². The third-order valence-electron chi connectivity index (χ3n) is 8.33. The zero-order valence-corrected chi connectivity index (χ0v) is 23.7. The summed E-state index contributed by atoms with van der Waals surface area (Å²) in [6.07, 6.45) is 6.11. The lowest BCUT2D eigenvalue weighted by Gasteiger charge is -2.22. The van der Waals surface area contributed by atoms with Crippen molar-refractivity contribution >= 4 is 55.1 Å². The van der Waals surface area contributed by atoms with Crippen molar-refractivity contribution in [3.05, 3.63) is 146 Å². The van der Waals surface area contributed by atoms with E-state index in [0.717, 1.165) is 79.1 Å². The van der Waals surface area contributed by atoms with Crippen LogP contribution in [0.1, 0.15) is 0 Å². The van der Waals surface area contributed by atoms with Gasteiger partial charge in [-0.15, -0.1) is 0 Å². The van der Waals surface area contributed by atoms with Gasteiger partial charge >= 0.3 is 0 Å². The summed E-state index contributed by atoms with van der Waals surface area (Å²) in [4.78, 5) is 9.34. The second-order valence-corrected chi connectivity index (χ2v) is 11.0. The maximum Gasteiger partial charge on any atom is 0.141 e. The number of hydrogen-bond donors (Lipinski definition) is 0. The molecule has 1 aliphatic rings. The van der Waals surface area contributed by atoms with Crippen molar-refractivity contribution in [3.63, 3.8) is 0 Å². The number of fused-ring (bicyclic) bond motifs is 6. The Morgan fingerprint density at radius 1 is 0.545 bits per heavy atom. The summed E-state index contributed by atoms with van der Waals surface area (Å²) in [5.74, 6) is 2.33. The zero-order chi connectivity index (χ0) is 29.0. The van der Waals surface area contributed by atoms with E-state index in [0.29, 0.717) is 0 Å². The van der Waals surface area contributed by atoms with Crippen LogP contribution in [0.25, 0.3) is 49.6 Å². The zero-order valence-electron chi connectivity index (χ0n) is 23.7. The molecule has 0 saturated heterocycles. The van der Waals surface area contributed by atoms with Gasteiger partial charge in [0, 0.05) is 69.7 Å². The van der Waals surface area contributed by atoms with Crippen LogP contribution in [0.3, 0.4) is 0 Å². The highest BCUT2D eigenvalue weighted by atomic mass is 16.5. The van der Waals surface area contributed by atoms with E-state index in [2.05, 4.69) is 106 Å². The van der Waals surface area contributed by atoms with Gasteiger partial charge in [-0.05, 0) is 48.5 Å². The van der Waals surface area contributed by atoms with E-state index in [4.69, 9.17) is 14.1 Å². The summed E-state index contributed by atoms with van der Waals surface area (Å²) in [5.41, 5.74) is 6.00. The van der Waals surface area contributed by atoms with E-state index >= 15 is 0 Å². The molecule has 0 amide bonds. The van der Waals surface area contributed by atoms with Crippen LogP contribution in [-0.2, 0) is 0 Å². The number of aromatic nitrogens is 2. The number of rotatable bonds is 5. The fourth-order valence-electron chi connectivity index (χ4n) is 6.23. The monoisotopic (exact) mass is 570 g/mol. The molecule has 0 aliphatic carbocycles. The molecule has 0 fully saturated rings. The van der Waals surface area contributed by atoms with E-state index in [1.165, 1.54) is 0 Å². The van der Waals surface area contributed by atoms with Crippen LogP contribution in [0, 0.1) is 0 Å². The first-order chi connectivity index (χ1) is 21.8. The Labute approximate surface area is 253 Å². The first-order valence-electron chi connectivity index (χ1n) is 14.6. The van der Waals surface area contributed by atoms with Gasteiger partial charge in [-0.2, -0.15) is 0 Å². The largest absolute Gasteiger partial charge is 0.457 e. The molecule has 6 heteroatoms. The molecule has 1 aliphatic heterocycles. The van der Waals surface area contributed by atoms with Gasteiger partial charge < -0.3 is 19.0 Å². The molecule has 210 valence electrons. The fraction of sp³-hybridized carbons (Fsp3) is 0.0263. The average Bonchev–Trinajstić information content (AvgIpc) is 3.79. The van der Waals surface area contributed by atoms with E-state index in [-0.39, 0.29) is 0 Å². The van der Waals surface area contributed by atoms with Crippen LogP contribution >= 0.6 is 0 Å². The number of anilines is 2. The second-order valence-electron chi connectivity index (χ2n) is 11.0. The maximum absolute atomic E-state index is 6.48. The molecular formula is C38H26N4O2. The quantitative estimate of drug-likeness (QED) is 0.206. The van der Waals surface area contributed by atoms with Gasteiger partial charge in [-0.1, -0.05) is 60.7 Å². The van der Waals surface area contributed by atoms with E-state index in [1.54, 1.807) is 0 Å². The summed E-state index contributed by atoms with van der Waals surface area (Å²) < 4.78 is 14.9. The molecule has 0 radical (unpaired) electrons. The van der Waals surface area contributed by atoms with Gasteiger partial charge in [0.25, 0.3) is 0 Å². The topological polar surface area (TPSA) is 46.7 Å². The van der Waals surface area contributed by atoms with Crippen molar-refractivity contribution in [2.45, 2.75) is 0 Å². The van der Waals surface area contributed by atoms with Gasteiger partial charge in [0.1, 0.15) is 28.5 Å². The highest BCUT2D eigenvalue weighted by molar-refractivity contribution is 6.10. The van der Waals surface area contributed by atoms with Gasteiger partial charge in [0.15, 0.2) is 0 Å². The molecule has 5 aromatic carbocycles. The van der Waals surface area contributed by atoms with Gasteiger partial charge in [-0.3, -0.25) is 4.57 Å². The molecule has 0 N–H and O–H groups in total. The molecule has 0 atom stereocenters. The molecule has 9 rings (SSSR count).